The first-order chi connectivity index (χ1) is 6.79. The third-order valence-corrected chi connectivity index (χ3v) is 1.81. The van der Waals surface area contributed by atoms with Gasteiger partial charge in [0.25, 0.3) is 5.89 Å². The van der Waals surface area contributed by atoms with E-state index in [0.29, 0.717) is 12.2 Å². The minimum atomic E-state index is 0.00139. The zero-order valence-electron chi connectivity index (χ0n) is 7.60. The molecule has 0 radical (unpaired) electrons. The topological polar surface area (TPSA) is 56.0 Å². The van der Waals surface area contributed by atoms with Crippen LogP contribution in [0.5, 0.6) is 0 Å². The molecule has 0 spiro atoms. The van der Waals surface area contributed by atoms with E-state index >= 15 is 0 Å². The molecule has 1 aromatic carbocycles. The third-order valence-electron chi connectivity index (χ3n) is 1.81. The van der Waals surface area contributed by atoms with Gasteiger partial charge in [-0.3, -0.25) is 4.79 Å². The van der Waals surface area contributed by atoms with Crippen LogP contribution in [0.25, 0.3) is 11.5 Å². The smallest absolute Gasteiger partial charge is 0.280 e. The summed E-state index contributed by atoms with van der Waals surface area (Å²) in [7, 11) is 0. The van der Waals surface area contributed by atoms with Gasteiger partial charge in [-0.25, -0.2) is 0 Å². The molecular weight excluding hydrogens is 180 g/mol. The molecule has 70 valence electrons. The predicted molar refractivity (Wildman–Crippen MR) is 49.9 cm³/mol. The number of carbonyl (C=O) groups excluding carboxylic acids is 1. The molecule has 0 fully saturated rings. The van der Waals surface area contributed by atoms with Crippen LogP contribution in [-0.2, 0) is 0 Å². The van der Waals surface area contributed by atoms with Gasteiger partial charge in [-0.05, 0) is 19.1 Å². The Morgan fingerprint density at radius 2 is 2.21 bits per heavy atom. The van der Waals surface area contributed by atoms with Gasteiger partial charge in [-0.15, -0.1) is 10.2 Å². The molecule has 4 nitrogen and oxygen atoms in total. The number of aldehydes is 1. The fourth-order valence-corrected chi connectivity index (χ4v) is 1.18. The lowest BCUT2D eigenvalue weighted by Gasteiger charge is -1.94. The second kappa shape index (κ2) is 3.41. The molecule has 0 saturated heterocycles. The van der Waals surface area contributed by atoms with Crippen LogP contribution in [0.2, 0.25) is 0 Å². The summed E-state index contributed by atoms with van der Waals surface area (Å²) in [6.45, 7) is 1.97. The average Bonchev–Trinajstić information content (AvgIpc) is 2.66. The zero-order chi connectivity index (χ0) is 9.97. The quantitative estimate of drug-likeness (QED) is 0.675. The van der Waals surface area contributed by atoms with Gasteiger partial charge in [0.05, 0.1) is 0 Å². The molecule has 0 aliphatic heterocycles. The highest BCUT2D eigenvalue weighted by molar-refractivity contribution is 5.68. The van der Waals surface area contributed by atoms with Crippen molar-refractivity contribution >= 4 is 6.29 Å². The highest BCUT2D eigenvalue weighted by atomic mass is 16.4. The Morgan fingerprint density at radius 1 is 1.36 bits per heavy atom. The second-order valence-corrected chi connectivity index (χ2v) is 2.93. The minimum Gasteiger partial charge on any atom is -0.414 e. The Morgan fingerprint density at radius 3 is 2.86 bits per heavy atom. The zero-order valence-corrected chi connectivity index (χ0v) is 7.60. The molecule has 4 heteroatoms. The van der Waals surface area contributed by atoms with Crippen LogP contribution in [0.4, 0.5) is 0 Å². The largest absolute Gasteiger partial charge is 0.414 e. The molecule has 0 atom stereocenters. The van der Waals surface area contributed by atoms with Gasteiger partial charge in [0.15, 0.2) is 0 Å². The van der Waals surface area contributed by atoms with E-state index in [4.69, 9.17) is 4.42 Å². The number of rotatable bonds is 2. The van der Waals surface area contributed by atoms with Crippen molar-refractivity contribution in [2.45, 2.75) is 6.92 Å². The van der Waals surface area contributed by atoms with Crippen molar-refractivity contribution in [2.75, 3.05) is 0 Å². The summed E-state index contributed by atoms with van der Waals surface area (Å²) in [5.74, 6) is 0.373. The summed E-state index contributed by atoms with van der Waals surface area (Å²) in [5, 5.41) is 7.31. The Kier molecular flexibility index (Phi) is 2.10. The molecule has 0 aliphatic carbocycles. The van der Waals surface area contributed by atoms with Crippen molar-refractivity contribution in [3.63, 3.8) is 0 Å². The van der Waals surface area contributed by atoms with Crippen LogP contribution >= 0.6 is 0 Å². The highest BCUT2D eigenvalue weighted by Crippen LogP contribution is 2.17. The number of aryl methyl sites for hydroxylation is 1. The van der Waals surface area contributed by atoms with Crippen molar-refractivity contribution < 1.29 is 9.21 Å². The van der Waals surface area contributed by atoms with Crippen LogP contribution in [0.15, 0.2) is 28.7 Å². The van der Waals surface area contributed by atoms with E-state index < -0.39 is 0 Å². The lowest BCUT2D eigenvalue weighted by atomic mass is 10.1. The number of nitrogens with zero attached hydrogens (tertiary/aromatic N) is 2. The summed E-state index contributed by atoms with van der Waals surface area (Å²) in [4.78, 5) is 10.3. The molecule has 0 unspecified atom stereocenters. The molecular formula is C10H8N2O2. The standard InChI is InChI=1S/C10H8N2O2/c1-7-3-2-4-8(5-7)10-12-11-9(6-13)14-10/h2-6H,1H3. The fraction of sp³-hybridized carbons (Fsp3) is 0.100. The van der Waals surface area contributed by atoms with E-state index in [1.165, 1.54) is 0 Å². The van der Waals surface area contributed by atoms with E-state index in [-0.39, 0.29) is 5.89 Å². The van der Waals surface area contributed by atoms with Gasteiger partial charge in [0, 0.05) is 5.56 Å². The summed E-state index contributed by atoms with van der Waals surface area (Å²) in [6, 6.07) is 7.65. The van der Waals surface area contributed by atoms with Crippen molar-refractivity contribution in [3.8, 4) is 11.5 Å². The molecule has 1 heterocycles. The molecule has 0 amide bonds. The van der Waals surface area contributed by atoms with E-state index in [1.807, 2.05) is 31.2 Å². The Hall–Kier alpha value is -1.97. The number of hydrogen-bond acceptors (Lipinski definition) is 4. The van der Waals surface area contributed by atoms with Crippen molar-refractivity contribution in [1.29, 1.82) is 0 Å². The highest BCUT2D eigenvalue weighted by Gasteiger charge is 2.06. The van der Waals surface area contributed by atoms with Crippen molar-refractivity contribution in [1.82, 2.24) is 10.2 Å². The van der Waals surface area contributed by atoms with Crippen molar-refractivity contribution in [2.24, 2.45) is 0 Å². The molecule has 0 saturated carbocycles. The van der Waals surface area contributed by atoms with Gasteiger partial charge >= 0.3 is 0 Å². The van der Waals surface area contributed by atoms with Gasteiger partial charge in [0.1, 0.15) is 0 Å². The Labute approximate surface area is 80.6 Å². The molecule has 1 aromatic heterocycles. The van der Waals surface area contributed by atoms with Gasteiger partial charge < -0.3 is 4.42 Å². The fourth-order valence-electron chi connectivity index (χ4n) is 1.18. The first kappa shape index (κ1) is 8.62. The number of carbonyl (C=O) groups is 1. The van der Waals surface area contributed by atoms with Gasteiger partial charge in [-0.2, -0.15) is 0 Å². The van der Waals surface area contributed by atoms with Crippen LogP contribution in [-0.4, -0.2) is 16.5 Å². The number of aromatic nitrogens is 2. The molecule has 0 bridgehead atoms. The molecule has 0 aliphatic rings. The summed E-state index contributed by atoms with van der Waals surface area (Å²) < 4.78 is 5.08. The normalized spacial score (nSPS) is 10.1. The second-order valence-electron chi connectivity index (χ2n) is 2.93. The lowest BCUT2D eigenvalue weighted by molar-refractivity contribution is 0.109. The maximum absolute atomic E-state index is 10.3. The summed E-state index contributed by atoms with van der Waals surface area (Å²) in [5.41, 5.74) is 1.93. The summed E-state index contributed by atoms with van der Waals surface area (Å²) in [6.07, 6.45) is 0.534. The predicted octanol–water partition coefficient (Wildman–Crippen LogP) is 1.86. The first-order valence-corrected chi connectivity index (χ1v) is 4.15. The minimum absolute atomic E-state index is 0.00139. The third kappa shape index (κ3) is 1.54. The van der Waals surface area contributed by atoms with Crippen molar-refractivity contribution in [3.05, 3.63) is 35.7 Å². The van der Waals surface area contributed by atoms with Crippen LogP contribution in [0, 0.1) is 6.92 Å². The maximum atomic E-state index is 10.3. The van der Waals surface area contributed by atoms with Gasteiger partial charge in [0.2, 0.25) is 12.2 Å². The molecule has 2 aromatic rings. The molecule has 2 rings (SSSR count). The molecule has 14 heavy (non-hydrogen) atoms. The summed E-state index contributed by atoms with van der Waals surface area (Å²) >= 11 is 0. The average molecular weight is 188 g/mol. The lowest BCUT2D eigenvalue weighted by Crippen LogP contribution is -1.78. The first-order valence-electron chi connectivity index (χ1n) is 4.15. The van der Waals surface area contributed by atoms with E-state index in [9.17, 15) is 4.79 Å². The van der Waals surface area contributed by atoms with Crippen LogP contribution in [0.3, 0.4) is 0 Å². The monoisotopic (exact) mass is 188 g/mol. The number of hydrogen-bond donors (Lipinski definition) is 0. The van der Waals surface area contributed by atoms with Crippen LogP contribution < -0.4 is 0 Å². The van der Waals surface area contributed by atoms with E-state index in [2.05, 4.69) is 10.2 Å². The maximum Gasteiger partial charge on any atom is 0.280 e. The number of benzene rings is 1. The molecule has 0 N–H and O–H groups in total. The Balaban J connectivity index is 2.43. The van der Waals surface area contributed by atoms with Crippen LogP contribution in [0.1, 0.15) is 16.2 Å². The Bertz CT molecular complexity index is 463. The SMILES string of the molecule is Cc1cccc(-c2nnc(C=O)o2)c1. The van der Waals surface area contributed by atoms with Gasteiger partial charge in [-0.1, -0.05) is 17.7 Å². The van der Waals surface area contributed by atoms with E-state index in [0.717, 1.165) is 11.1 Å². The van der Waals surface area contributed by atoms with E-state index in [1.54, 1.807) is 0 Å².